The van der Waals surface area contributed by atoms with Crippen molar-refractivity contribution >= 4 is 0 Å². The highest BCUT2D eigenvalue weighted by Crippen LogP contribution is 2.84. The maximum Gasteiger partial charge on any atom is 0.101 e. The van der Waals surface area contributed by atoms with Crippen LogP contribution in [0.4, 0.5) is 0 Å². The van der Waals surface area contributed by atoms with Crippen LogP contribution in [-0.4, -0.2) is 57.4 Å². The van der Waals surface area contributed by atoms with Gasteiger partial charge in [0.25, 0.3) is 0 Å². The monoisotopic (exact) mass is 375 g/mol. The molecule has 3 N–H and O–H groups in total. The van der Waals surface area contributed by atoms with Crippen molar-refractivity contribution < 1.29 is 20.0 Å². The number of hydroxylamine groups is 3. The van der Waals surface area contributed by atoms with Crippen molar-refractivity contribution in [3.63, 3.8) is 0 Å². The fourth-order valence-electron chi connectivity index (χ4n) is 10.3. The van der Waals surface area contributed by atoms with E-state index in [0.717, 1.165) is 31.3 Å². The zero-order valence-corrected chi connectivity index (χ0v) is 16.5. The van der Waals surface area contributed by atoms with Gasteiger partial charge in [-0.15, -0.1) is 0 Å². The van der Waals surface area contributed by atoms with Gasteiger partial charge in [0, 0.05) is 22.7 Å². The van der Waals surface area contributed by atoms with E-state index in [1.165, 1.54) is 0 Å². The zero-order valence-electron chi connectivity index (χ0n) is 16.5. The molecule has 0 radical (unpaired) electrons. The summed E-state index contributed by atoms with van der Waals surface area (Å²) in [6.45, 7) is 9.62. The van der Waals surface area contributed by atoms with Crippen LogP contribution in [-0.2, 0) is 0 Å². The Labute approximate surface area is 161 Å². The van der Waals surface area contributed by atoms with Crippen molar-refractivity contribution in [2.24, 2.45) is 39.9 Å². The second-order valence-electron chi connectivity index (χ2n) is 11.2. The molecule has 12 atom stereocenters. The molecule has 2 spiro atoms. The van der Waals surface area contributed by atoms with Gasteiger partial charge in [0.05, 0.1) is 36.8 Å². The maximum absolute atomic E-state index is 14.2. The van der Waals surface area contributed by atoms with Crippen LogP contribution >= 0.6 is 0 Å². The number of nitrogens with zero attached hydrogens (tertiary/aromatic N) is 1. The highest BCUT2D eigenvalue weighted by molar-refractivity contribution is 5.38. The molecule has 1 heterocycles. The minimum atomic E-state index is -0.638. The molecule has 0 aromatic carbocycles. The molecule has 150 valence electrons. The summed E-state index contributed by atoms with van der Waals surface area (Å²) in [6.07, 6.45) is 2.37. The number of hydrogen-bond acceptors (Lipinski definition) is 4. The standard InChI is InChI=1S/C22H33NO4/c1-4-23(27)10-20(3)6-5-17(25)22-15(20)7-13(18(22)23)21-9-12(11(2)19(21)26)14(24)8-16(21)22/h12-19,24-26H,2,4-10H2,1,3H3/t12-,13-,14-,15+,16+,17-,18-,19+,20-,21-,22-,23?/m0/s1. The van der Waals surface area contributed by atoms with Gasteiger partial charge in [-0.05, 0) is 56.4 Å². The van der Waals surface area contributed by atoms with E-state index in [9.17, 15) is 20.5 Å². The number of piperidine rings is 1. The number of aliphatic hydroxyl groups excluding tert-OH is 3. The van der Waals surface area contributed by atoms with E-state index in [4.69, 9.17) is 0 Å². The minimum absolute atomic E-state index is 0.0344. The van der Waals surface area contributed by atoms with Crippen molar-refractivity contribution in [1.29, 1.82) is 0 Å². The predicted molar refractivity (Wildman–Crippen MR) is 100 cm³/mol. The Kier molecular flexibility index (Phi) is 2.99. The summed E-state index contributed by atoms with van der Waals surface area (Å²) < 4.78 is -0.215. The Morgan fingerprint density at radius 3 is 2.67 bits per heavy atom. The molecule has 27 heavy (non-hydrogen) atoms. The van der Waals surface area contributed by atoms with E-state index >= 15 is 0 Å². The average Bonchev–Trinajstić information content (AvgIpc) is 3.17. The summed E-state index contributed by atoms with van der Waals surface area (Å²) in [5.74, 6) is 0.473. The number of fused-ring (bicyclic) bond motifs is 1. The lowest BCUT2D eigenvalue weighted by Crippen LogP contribution is -2.73. The Bertz CT molecular complexity index is 742. The Hall–Kier alpha value is -0.460. The largest absolute Gasteiger partial charge is 0.633 e. The van der Waals surface area contributed by atoms with Crippen LogP contribution in [0.15, 0.2) is 12.2 Å². The fraction of sp³-hybridized carbons (Fsp3) is 0.909. The van der Waals surface area contributed by atoms with Crippen LogP contribution < -0.4 is 0 Å². The normalized spacial score (nSPS) is 68.3. The molecule has 1 aliphatic heterocycles. The van der Waals surface area contributed by atoms with Crippen LogP contribution in [0.25, 0.3) is 0 Å². The molecule has 7 bridgehead atoms. The third-order valence-electron chi connectivity index (χ3n) is 10.9. The predicted octanol–water partition coefficient (Wildman–Crippen LogP) is 1.80. The van der Waals surface area contributed by atoms with Gasteiger partial charge in [0.1, 0.15) is 6.04 Å². The van der Waals surface area contributed by atoms with Crippen LogP contribution in [0.5, 0.6) is 0 Å². The van der Waals surface area contributed by atoms with E-state index in [1.807, 2.05) is 6.92 Å². The van der Waals surface area contributed by atoms with Crippen molar-refractivity contribution in [2.75, 3.05) is 13.1 Å². The SMILES string of the molecule is C=C1[C@@H](O)[C@]23C[C@@H]1[C@@H](O)C[C@H]2[C@]12[C@@H]4C[C@H]3[C@@H]1[N+]([O-])(CC)C[C@]4(C)CC[C@@H]2O. The van der Waals surface area contributed by atoms with Gasteiger partial charge in [-0.3, -0.25) is 0 Å². The van der Waals surface area contributed by atoms with Gasteiger partial charge >= 0.3 is 0 Å². The molecule has 5 nitrogen and oxygen atoms in total. The third kappa shape index (κ3) is 1.49. The van der Waals surface area contributed by atoms with Crippen LogP contribution in [0.3, 0.4) is 0 Å². The zero-order chi connectivity index (χ0) is 19.1. The summed E-state index contributed by atoms with van der Waals surface area (Å²) in [5, 5.41) is 48.0. The topological polar surface area (TPSA) is 83.8 Å². The second kappa shape index (κ2) is 4.65. The van der Waals surface area contributed by atoms with Crippen LogP contribution in [0, 0.1) is 45.1 Å². The summed E-state index contributed by atoms with van der Waals surface area (Å²) in [5.41, 5.74) is -0.0521. The van der Waals surface area contributed by atoms with Gasteiger partial charge in [0.2, 0.25) is 0 Å². The van der Waals surface area contributed by atoms with Gasteiger partial charge in [-0.25, -0.2) is 0 Å². The maximum atomic E-state index is 14.2. The first-order valence-corrected chi connectivity index (χ1v) is 11.0. The first-order chi connectivity index (χ1) is 12.7. The smallest absolute Gasteiger partial charge is 0.101 e. The molecular formula is C22H33NO4. The van der Waals surface area contributed by atoms with Gasteiger partial charge in [-0.2, -0.15) is 0 Å². The van der Waals surface area contributed by atoms with E-state index < -0.39 is 23.7 Å². The molecule has 6 aliphatic rings. The summed E-state index contributed by atoms with van der Waals surface area (Å²) in [6, 6.07) is -0.132. The molecular weight excluding hydrogens is 342 g/mol. The Morgan fingerprint density at radius 1 is 1.22 bits per heavy atom. The fourth-order valence-corrected chi connectivity index (χ4v) is 10.3. The molecule has 5 aliphatic carbocycles. The van der Waals surface area contributed by atoms with E-state index in [-0.39, 0.29) is 39.3 Å². The molecule has 1 unspecified atom stereocenters. The number of aliphatic hydroxyl groups is 3. The lowest BCUT2D eigenvalue weighted by atomic mass is 9.43. The summed E-state index contributed by atoms with van der Waals surface area (Å²) in [7, 11) is 0. The van der Waals surface area contributed by atoms with Crippen LogP contribution in [0.1, 0.15) is 46.0 Å². The van der Waals surface area contributed by atoms with Crippen molar-refractivity contribution in [1.82, 2.24) is 0 Å². The molecule has 0 aromatic rings. The summed E-state index contributed by atoms with van der Waals surface area (Å²) in [4.78, 5) is 0. The summed E-state index contributed by atoms with van der Waals surface area (Å²) >= 11 is 0. The molecule has 1 saturated heterocycles. The number of hydrogen-bond donors (Lipinski definition) is 3. The quantitative estimate of drug-likeness (QED) is 0.371. The lowest BCUT2D eigenvalue weighted by Gasteiger charge is -2.68. The number of quaternary nitrogens is 1. The Morgan fingerprint density at radius 2 is 1.96 bits per heavy atom. The van der Waals surface area contributed by atoms with Gasteiger partial charge < -0.3 is 25.2 Å². The van der Waals surface area contributed by atoms with Crippen molar-refractivity contribution in [2.45, 2.75) is 70.3 Å². The molecule has 5 heteroatoms. The number of rotatable bonds is 1. The van der Waals surface area contributed by atoms with Crippen molar-refractivity contribution in [3.8, 4) is 0 Å². The first kappa shape index (κ1) is 17.4. The average molecular weight is 376 g/mol. The second-order valence-corrected chi connectivity index (χ2v) is 11.2. The van der Waals surface area contributed by atoms with E-state index in [2.05, 4.69) is 13.5 Å². The van der Waals surface area contributed by atoms with E-state index in [0.29, 0.717) is 25.4 Å². The van der Waals surface area contributed by atoms with Gasteiger partial charge in [-0.1, -0.05) is 13.5 Å². The molecule has 5 saturated carbocycles. The third-order valence-corrected chi connectivity index (χ3v) is 10.9. The molecule has 0 aromatic heterocycles. The first-order valence-electron chi connectivity index (χ1n) is 11.0. The van der Waals surface area contributed by atoms with Gasteiger partial charge in [0.15, 0.2) is 0 Å². The highest BCUT2D eigenvalue weighted by Gasteiger charge is 2.88. The van der Waals surface area contributed by atoms with Crippen molar-refractivity contribution in [3.05, 3.63) is 17.4 Å². The Balaban J connectivity index is 1.63. The lowest BCUT2D eigenvalue weighted by molar-refractivity contribution is -0.927. The number of likely N-dealkylation sites (tertiary alicyclic amines) is 1. The minimum Gasteiger partial charge on any atom is -0.633 e. The molecule has 6 rings (SSSR count). The molecule has 0 amide bonds. The highest BCUT2D eigenvalue weighted by atomic mass is 16.5. The van der Waals surface area contributed by atoms with E-state index in [1.54, 1.807) is 0 Å². The van der Waals surface area contributed by atoms with Crippen LogP contribution in [0.2, 0.25) is 0 Å². The molecule has 6 fully saturated rings.